The van der Waals surface area contributed by atoms with E-state index in [1.807, 2.05) is 30.3 Å². The summed E-state index contributed by atoms with van der Waals surface area (Å²) in [5, 5.41) is 14.6. The molecule has 2 amide bonds. The monoisotopic (exact) mass is 471 g/mol. The first-order valence-electron chi connectivity index (χ1n) is 10.9. The van der Waals surface area contributed by atoms with Crippen molar-refractivity contribution in [1.29, 1.82) is 0 Å². The molecule has 0 spiro atoms. The molecule has 1 aliphatic heterocycles. The zero-order chi connectivity index (χ0) is 23.8. The fourth-order valence-corrected chi connectivity index (χ4v) is 5.48. The Bertz CT molecular complexity index is 1070. The highest BCUT2D eigenvalue weighted by atomic mass is 32.2. The van der Waals surface area contributed by atoms with Crippen LogP contribution in [0.1, 0.15) is 36.4 Å². The zero-order valence-electron chi connectivity index (χ0n) is 18.3. The van der Waals surface area contributed by atoms with Crippen molar-refractivity contribution in [3.05, 3.63) is 78.4 Å². The lowest BCUT2D eigenvalue weighted by molar-refractivity contribution is -0.117. The molecule has 0 bridgehead atoms. The summed E-state index contributed by atoms with van der Waals surface area (Å²) in [4.78, 5) is 23.0. The molecule has 0 saturated carbocycles. The van der Waals surface area contributed by atoms with Crippen LogP contribution in [0.15, 0.2) is 72.1 Å². The summed E-state index contributed by atoms with van der Waals surface area (Å²) in [6, 6.07) is 15.3. The van der Waals surface area contributed by atoms with Gasteiger partial charge in [0.2, 0.25) is 15.9 Å². The van der Waals surface area contributed by atoms with Gasteiger partial charge in [0.25, 0.3) is 0 Å². The predicted octanol–water partition coefficient (Wildman–Crippen LogP) is 3.08. The summed E-state index contributed by atoms with van der Waals surface area (Å²) in [5.74, 6) is -0.257. The summed E-state index contributed by atoms with van der Waals surface area (Å²) in [5.41, 5.74) is 1.65. The van der Waals surface area contributed by atoms with Gasteiger partial charge in [0, 0.05) is 19.1 Å². The first kappa shape index (κ1) is 24.5. The molecule has 0 aromatic heterocycles. The van der Waals surface area contributed by atoms with E-state index in [4.69, 9.17) is 0 Å². The number of hydrogen-bond donors (Lipinski definition) is 3. The summed E-state index contributed by atoms with van der Waals surface area (Å²) in [7, 11) is -3.70. The number of hydrogen-bond acceptors (Lipinski definition) is 4. The second-order valence-electron chi connectivity index (χ2n) is 8.01. The Hall–Kier alpha value is -3.17. The van der Waals surface area contributed by atoms with Crippen LogP contribution in [0.25, 0.3) is 0 Å². The first-order chi connectivity index (χ1) is 15.8. The number of nitrogens with zero attached hydrogens (tertiary/aromatic N) is 1. The van der Waals surface area contributed by atoms with Crippen LogP contribution in [0, 0.1) is 0 Å². The molecule has 33 heavy (non-hydrogen) atoms. The van der Waals surface area contributed by atoms with Gasteiger partial charge in [-0.3, -0.25) is 4.79 Å². The molecule has 1 heterocycles. The van der Waals surface area contributed by atoms with Crippen LogP contribution in [0.4, 0.5) is 4.79 Å². The van der Waals surface area contributed by atoms with Gasteiger partial charge in [-0.2, -0.15) is 4.31 Å². The van der Waals surface area contributed by atoms with Crippen molar-refractivity contribution in [2.45, 2.75) is 42.7 Å². The van der Waals surface area contributed by atoms with E-state index in [1.165, 1.54) is 22.5 Å². The SMILES string of the molecule is C=CC(=O)NC1CCCN(S(=O)(=O)c2ccc(C(Cc3ccccc3)NC(=O)O)cc2)CC1. The summed E-state index contributed by atoms with van der Waals surface area (Å²) >= 11 is 0. The van der Waals surface area contributed by atoms with Crippen molar-refractivity contribution >= 4 is 22.0 Å². The van der Waals surface area contributed by atoms with E-state index in [0.717, 1.165) is 5.56 Å². The first-order valence-corrected chi connectivity index (χ1v) is 12.3. The molecule has 0 radical (unpaired) electrons. The number of amides is 2. The molecule has 2 aromatic rings. The standard InChI is InChI=1S/C24H29N3O5S/c1-2-23(28)25-20-9-6-15-27(16-14-20)33(31,32)21-12-10-19(11-13-21)22(26-24(29)30)17-18-7-4-3-5-8-18/h2-5,7-8,10-13,20,22,26H,1,6,9,14-17H2,(H,25,28)(H,29,30). The fourth-order valence-electron chi connectivity index (χ4n) is 3.99. The van der Waals surface area contributed by atoms with Crippen LogP contribution in [0.2, 0.25) is 0 Å². The average molecular weight is 472 g/mol. The van der Waals surface area contributed by atoms with E-state index >= 15 is 0 Å². The van der Waals surface area contributed by atoms with Gasteiger partial charge in [0.1, 0.15) is 0 Å². The normalized spacial score (nSPS) is 18.0. The topological polar surface area (TPSA) is 116 Å². The molecule has 8 nitrogen and oxygen atoms in total. The molecule has 9 heteroatoms. The third-order valence-corrected chi connectivity index (χ3v) is 7.63. The Labute approximate surface area is 194 Å². The van der Waals surface area contributed by atoms with Crippen molar-refractivity contribution in [2.24, 2.45) is 0 Å². The van der Waals surface area contributed by atoms with Crippen molar-refractivity contribution < 1.29 is 23.1 Å². The van der Waals surface area contributed by atoms with Gasteiger partial charge < -0.3 is 15.7 Å². The van der Waals surface area contributed by atoms with Crippen LogP contribution in [-0.2, 0) is 21.2 Å². The molecule has 1 saturated heterocycles. The van der Waals surface area contributed by atoms with Crippen LogP contribution >= 0.6 is 0 Å². The number of rotatable bonds is 8. The van der Waals surface area contributed by atoms with Crippen LogP contribution in [0.5, 0.6) is 0 Å². The molecule has 3 N–H and O–H groups in total. The van der Waals surface area contributed by atoms with Crippen LogP contribution in [0.3, 0.4) is 0 Å². The quantitative estimate of drug-likeness (QED) is 0.512. The van der Waals surface area contributed by atoms with Gasteiger partial charge in [0.15, 0.2) is 0 Å². The second kappa shape index (κ2) is 11.1. The minimum Gasteiger partial charge on any atom is -0.465 e. The maximum absolute atomic E-state index is 13.2. The number of carboxylic acid groups (broad SMARTS) is 1. The maximum atomic E-state index is 13.2. The highest BCUT2D eigenvalue weighted by Crippen LogP contribution is 2.24. The van der Waals surface area contributed by atoms with Crippen LogP contribution < -0.4 is 10.6 Å². The average Bonchev–Trinajstić information content (AvgIpc) is 3.05. The minimum absolute atomic E-state index is 0.0843. The van der Waals surface area contributed by atoms with E-state index in [9.17, 15) is 23.1 Å². The van der Waals surface area contributed by atoms with Gasteiger partial charge in [-0.15, -0.1) is 0 Å². The summed E-state index contributed by atoms with van der Waals surface area (Å²) in [6.45, 7) is 4.13. The molecular weight excluding hydrogens is 442 g/mol. The van der Waals surface area contributed by atoms with Crippen molar-refractivity contribution in [1.82, 2.24) is 14.9 Å². The Kier molecular flexibility index (Phi) is 8.24. The van der Waals surface area contributed by atoms with Crippen LogP contribution in [-0.4, -0.2) is 49.0 Å². The third-order valence-electron chi connectivity index (χ3n) is 5.72. The van der Waals surface area contributed by atoms with Crippen molar-refractivity contribution in [3.63, 3.8) is 0 Å². The predicted molar refractivity (Wildman–Crippen MR) is 125 cm³/mol. The van der Waals surface area contributed by atoms with Crippen molar-refractivity contribution in [2.75, 3.05) is 13.1 Å². The highest BCUT2D eigenvalue weighted by Gasteiger charge is 2.28. The lowest BCUT2D eigenvalue weighted by Gasteiger charge is -2.22. The van der Waals surface area contributed by atoms with E-state index in [0.29, 0.717) is 44.3 Å². The Balaban J connectivity index is 1.73. The largest absolute Gasteiger partial charge is 0.465 e. The summed E-state index contributed by atoms with van der Waals surface area (Å²) in [6.07, 6.45) is 2.39. The summed E-state index contributed by atoms with van der Waals surface area (Å²) < 4.78 is 27.8. The van der Waals surface area contributed by atoms with E-state index in [1.54, 1.807) is 12.1 Å². The molecule has 1 fully saturated rings. The van der Waals surface area contributed by atoms with E-state index in [-0.39, 0.29) is 16.8 Å². The van der Waals surface area contributed by atoms with Gasteiger partial charge in [-0.05, 0) is 55.0 Å². The highest BCUT2D eigenvalue weighted by molar-refractivity contribution is 7.89. The van der Waals surface area contributed by atoms with E-state index in [2.05, 4.69) is 17.2 Å². The number of sulfonamides is 1. The molecule has 176 valence electrons. The van der Waals surface area contributed by atoms with Gasteiger partial charge in [-0.25, -0.2) is 13.2 Å². The molecule has 2 aromatic carbocycles. The van der Waals surface area contributed by atoms with Gasteiger partial charge in [0.05, 0.1) is 10.9 Å². The number of carbonyl (C=O) groups is 2. The number of carbonyl (C=O) groups excluding carboxylic acids is 1. The third kappa shape index (κ3) is 6.66. The Morgan fingerprint density at radius 3 is 2.42 bits per heavy atom. The second-order valence-corrected chi connectivity index (χ2v) is 9.94. The zero-order valence-corrected chi connectivity index (χ0v) is 19.1. The smallest absolute Gasteiger partial charge is 0.405 e. The molecule has 2 atom stereocenters. The molecule has 2 unspecified atom stereocenters. The molecule has 0 aliphatic carbocycles. The minimum atomic E-state index is -3.70. The Morgan fingerprint density at radius 2 is 1.79 bits per heavy atom. The van der Waals surface area contributed by atoms with Crippen molar-refractivity contribution in [3.8, 4) is 0 Å². The van der Waals surface area contributed by atoms with Gasteiger partial charge >= 0.3 is 6.09 Å². The molecule has 3 rings (SSSR count). The molecule has 1 aliphatic rings. The van der Waals surface area contributed by atoms with E-state index < -0.39 is 22.2 Å². The molecular formula is C24H29N3O5S. The number of nitrogens with one attached hydrogen (secondary N) is 2. The lowest BCUT2D eigenvalue weighted by Crippen LogP contribution is -2.36. The van der Waals surface area contributed by atoms with Gasteiger partial charge in [-0.1, -0.05) is 49.0 Å². The fraction of sp³-hybridized carbons (Fsp3) is 0.333. The lowest BCUT2D eigenvalue weighted by atomic mass is 9.99. The Morgan fingerprint density at radius 1 is 1.09 bits per heavy atom. The maximum Gasteiger partial charge on any atom is 0.405 e. The number of benzene rings is 2.